The van der Waals surface area contributed by atoms with Crippen LogP contribution in [0.2, 0.25) is 0 Å². The van der Waals surface area contributed by atoms with Gasteiger partial charge in [-0.3, -0.25) is 0 Å². The first-order chi connectivity index (χ1) is 6.24. The average Bonchev–Trinajstić information content (AvgIpc) is 2.76. The predicted octanol–water partition coefficient (Wildman–Crippen LogP) is 3.86. The van der Waals surface area contributed by atoms with E-state index < -0.39 is 0 Å². The Morgan fingerprint density at radius 3 is 2.77 bits per heavy atom. The molecular weight excluding hydrogens is 156 g/mol. The summed E-state index contributed by atoms with van der Waals surface area (Å²) in [4.78, 5) is 0. The van der Waals surface area contributed by atoms with Gasteiger partial charge in [0.25, 0.3) is 0 Å². The molecule has 0 radical (unpaired) electrons. The molecule has 0 spiro atoms. The SMILES string of the molecule is CC(C)C12CCC(C1)C1CCCC12. The van der Waals surface area contributed by atoms with Crippen LogP contribution in [0.1, 0.15) is 52.4 Å². The van der Waals surface area contributed by atoms with E-state index in [0.29, 0.717) is 0 Å². The van der Waals surface area contributed by atoms with Gasteiger partial charge in [-0.1, -0.05) is 20.3 Å². The van der Waals surface area contributed by atoms with Crippen LogP contribution in [0.5, 0.6) is 0 Å². The van der Waals surface area contributed by atoms with Crippen molar-refractivity contribution in [3.63, 3.8) is 0 Å². The van der Waals surface area contributed by atoms with Gasteiger partial charge < -0.3 is 0 Å². The summed E-state index contributed by atoms with van der Waals surface area (Å²) >= 11 is 0. The molecule has 0 heterocycles. The van der Waals surface area contributed by atoms with Gasteiger partial charge in [0.1, 0.15) is 0 Å². The third-order valence-corrected chi connectivity index (χ3v) is 5.69. The van der Waals surface area contributed by atoms with E-state index in [4.69, 9.17) is 0 Å². The molecule has 4 unspecified atom stereocenters. The molecule has 0 amide bonds. The summed E-state index contributed by atoms with van der Waals surface area (Å²) < 4.78 is 0. The zero-order valence-corrected chi connectivity index (χ0v) is 9.05. The van der Waals surface area contributed by atoms with Crippen LogP contribution in [0, 0.1) is 29.1 Å². The van der Waals surface area contributed by atoms with Gasteiger partial charge in [0.2, 0.25) is 0 Å². The summed E-state index contributed by atoms with van der Waals surface area (Å²) in [5.74, 6) is 4.41. The van der Waals surface area contributed by atoms with Gasteiger partial charge in [-0.25, -0.2) is 0 Å². The van der Waals surface area contributed by atoms with Crippen molar-refractivity contribution in [1.82, 2.24) is 0 Å². The molecule has 2 bridgehead atoms. The van der Waals surface area contributed by atoms with Crippen LogP contribution in [0.3, 0.4) is 0 Å². The highest BCUT2D eigenvalue weighted by Crippen LogP contribution is 2.68. The van der Waals surface area contributed by atoms with Crippen LogP contribution >= 0.6 is 0 Å². The highest BCUT2D eigenvalue weighted by molar-refractivity contribution is 5.08. The molecule has 3 aliphatic carbocycles. The van der Waals surface area contributed by atoms with Crippen molar-refractivity contribution in [3.8, 4) is 0 Å². The van der Waals surface area contributed by atoms with E-state index in [2.05, 4.69) is 13.8 Å². The van der Waals surface area contributed by atoms with Gasteiger partial charge in [0, 0.05) is 0 Å². The van der Waals surface area contributed by atoms with Crippen molar-refractivity contribution < 1.29 is 0 Å². The van der Waals surface area contributed by atoms with Crippen molar-refractivity contribution in [1.29, 1.82) is 0 Å². The van der Waals surface area contributed by atoms with Gasteiger partial charge >= 0.3 is 0 Å². The average molecular weight is 178 g/mol. The van der Waals surface area contributed by atoms with E-state index in [1.54, 1.807) is 38.5 Å². The Balaban J connectivity index is 1.96. The van der Waals surface area contributed by atoms with Gasteiger partial charge in [-0.15, -0.1) is 0 Å². The molecule has 13 heavy (non-hydrogen) atoms. The smallest absolute Gasteiger partial charge is 0.0241 e. The molecular formula is C13H22. The van der Waals surface area contributed by atoms with Gasteiger partial charge in [0.05, 0.1) is 0 Å². The van der Waals surface area contributed by atoms with Crippen molar-refractivity contribution in [3.05, 3.63) is 0 Å². The highest BCUT2D eigenvalue weighted by Gasteiger charge is 2.59. The van der Waals surface area contributed by atoms with E-state index in [9.17, 15) is 0 Å². The molecule has 0 nitrogen and oxygen atoms in total. The van der Waals surface area contributed by atoms with Crippen LogP contribution in [-0.2, 0) is 0 Å². The van der Waals surface area contributed by atoms with E-state index in [0.717, 1.165) is 29.1 Å². The van der Waals surface area contributed by atoms with E-state index in [1.165, 1.54) is 0 Å². The molecule has 0 aliphatic heterocycles. The molecule has 3 fully saturated rings. The minimum Gasteiger partial charge on any atom is -0.0622 e. The molecule has 74 valence electrons. The molecule has 0 aromatic carbocycles. The third-order valence-electron chi connectivity index (χ3n) is 5.69. The van der Waals surface area contributed by atoms with Crippen LogP contribution in [0.15, 0.2) is 0 Å². The summed E-state index contributed by atoms with van der Waals surface area (Å²) in [7, 11) is 0. The van der Waals surface area contributed by atoms with E-state index in [-0.39, 0.29) is 0 Å². The maximum Gasteiger partial charge on any atom is -0.0241 e. The standard InChI is InChI=1S/C13H22/c1-9(2)13-7-6-10(8-13)11-4-3-5-12(11)13/h9-12H,3-8H2,1-2H3. The Hall–Kier alpha value is 0. The second-order valence-electron chi connectivity index (χ2n) is 6.09. The maximum absolute atomic E-state index is 2.48. The Kier molecular flexibility index (Phi) is 1.61. The topological polar surface area (TPSA) is 0 Å². The third kappa shape index (κ3) is 0.877. The predicted molar refractivity (Wildman–Crippen MR) is 55.4 cm³/mol. The lowest BCUT2D eigenvalue weighted by molar-refractivity contribution is 0.0958. The van der Waals surface area contributed by atoms with Gasteiger partial charge in [-0.05, 0) is 61.2 Å². The van der Waals surface area contributed by atoms with Crippen LogP contribution in [0.4, 0.5) is 0 Å². The van der Waals surface area contributed by atoms with Crippen molar-refractivity contribution in [2.75, 3.05) is 0 Å². The molecule has 0 N–H and O–H groups in total. The molecule has 3 rings (SSSR count). The van der Waals surface area contributed by atoms with Crippen LogP contribution in [0.25, 0.3) is 0 Å². The van der Waals surface area contributed by atoms with Crippen molar-refractivity contribution in [2.45, 2.75) is 52.4 Å². The lowest BCUT2D eigenvalue weighted by atomic mass is 9.66. The fourth-order valence-electron chi connectivity index (χ4n) is 5.07. The second kappa shape index (κ2) is 2.52. The molecule has 0 heteroatoms. The Bertz CT molecular complexity index is 218. The Morgan fingerprint density at radius 1 is 1.15 bits per heavy atom. The van der Waals surface area contributed by atoms with Crippen molar-refractivity contribution >= 4 is 0 Å². The first-order valence-electron chi connectivity index (χ1n) is 6.24. The molecule has 4 atom stereocenters. The van der Waals surface area contributed by atoms with Crippen LogP contribution < -0.4 is 0 Å². The minimum absolute atomic E-state index is 0.811. The van der Waals surface area contributed by atoms with E-state index >= 15 is 0 Å². The van der Waals surface area contributed by atoms with Crippen LogP contribution in [-0.4, -0.2) is 0 Å². The molecule has 0 aromatic rings. The fraction of sp³-hybridized carbons (Fsp3) is 1.00. The number of fused-ring (bicyclic) bond motifs is 5. The first-order valence-corrected chi connectivity index (χ1v) is 6.24. The van der Waals surface area contributed by atoms with Crippen molar-refractivity contribution in [2.24, 2.45) is 29.1 Å². The van der Waals surface area contributed by atoms with Gasteiger partial charge in [-0.2, -0.15) is 0 Å². The number of hydrogen-bond acceptors (Lipinski definition) is 0. The largest absolute Gasteiger partial charge is 0.0622 e. The summed E-state index contributed by atoms with van der Waals surface area (Å²) in [5, 5.41) is 0. The second-order valence-corrected chi connectivity index (χ2v) is 6.09. The number of hydrogen-bond donors (Lipinski definition) is 0. The Morgan fingerprint density at radius 2 is 2.00 bits per heavy atom. The summed E-state index contributed by atoms with van der Waals surface area (Å²) in [5.41, 5.74) is 0.811. The summed E-state index contributed by atoms with van der Waals surface area (Å²) in [6, 6.07) is 0. The minimum atomic E-state index is 0.811. The maximum atomic E-state index is 2.48. The zero-order chi connectivity index (χ0) is 9.05. The lowest BCUT2D eigenvalue weighted by Crippen LogP contribution is -2.32. The molecule has 0 saturated heterocycles. The highest BCUT2D eigenvalue weighted by atomic mass is 14.6. The molecule has 0 aromatic heterocycles. The summed E-state index contributed by atoms with van der Waals surface area (Å²) in [6.45, 7) is 4.95. The monoisotopic (exact) mass is 178 g/mol. The quantitative estimate of drug-likeness (QED) is 0.572. The van der Waals surface area contributed by atoms with Gasteiger partial charge in [0.15, 0.2) is 0 Å². The lowest BCUT2D eigenvalue weighted by Gasteiger charge is -2.39. The fourth-order valence-corrected chi connectivity index (χ4v) is 5.07. The molecule has 3 aliphatic rings. The zero-order valence-electron chi connectivity index (χ0n) is 9.05. The first kappa shape index (κ1) is 8.32. The normalized spacial score (nSPS) is 53.3. The Labute approximate surface area is 82.1 Å². The van der Waals surface area contributed by atoms with E-state index in [1.807, 2.05) is 0 Å². The summed E-state index contributed by atoms with van der Waals surface area (Å²) in [6.07, 6.45) is 9.42. The molecule has 3 saturated carbocycles. The number of rotatable bonds is 1.